The van der Waals surface area contributed by atoms with Crippen LogP contribution in [0.25, 0.3) is 0 Å². The summed E-state index contributed by atoms with van der Waals surface area (Å²) in [4.78, 5) is 13.8. The molecule has 0 saturated heterocycles. The van der Waals surface area contributed by atoms with Crippen LogP contribution in [0.4, 0.5) is 5.69 Å². The highest BCUT2D eigenvalue weighted by atomic mass is 32.2. The van der Waals surface area contributed by atoms with Crippen LogP contribution in [0.15, 0.2) is 47.4 Å². The fourth-order valence-corrected chi connectivity index (χ4v) is 3.56. The summed E-state index contributed by atoms with van der Waals surface area (Å²) in [6, 6.07) is 13.0. The van der Waals surface area contributed by atoms with Crippen LogP contribution in [-0.2, 0) is 10.0 Å². The first-order valence-corrected chi connectivity index (χ1v) is 9.63. The number of carbonyl (C=O) groups excluding carboxylic acids is 1. The number of amides is 1. The summed E-state index contributed by atoms with van der Waals surface area (Å²) in [5.74, 6) is -0.305. The lowest BCUT2D eigenvalue weighted by Crippen LogP contribution is -2.31. The maximum atomic E-state index is 12.6. The highest BCUT2D eigenvalue weighted by Gasteiger charge is 2.18. The summed E-state index contributed by atoms with van der Waals surface area (Å²) < 4.78 is 27.8. The molecule has 1 amide bonds. The average molecular weight is 371 g/mol. The van der Waals surface area contributed by atoms with Gasteiger partial charge in [0, 0.05) is 12.1 Å². The van der Waals surface area contributed by atoms with Gasteiger partial charge in [-0.25, -0.2) is 8.42 Å². The second kappa shape index (κ2) is 8.02. The maximum absolute atomic E-state index is 12.6. The van der Waals surface area contributed by atoms with Gasteiger partial charge < -0.3 is 4.90 Å². The molecule has 0 radical (unpaired) electrons. The van der Waals surface area contributed by atoms with Crippen molar-refractivity contribution in [2.75, 3.05) is 17.8 Å². The number of benzene rings is 2. The van der Waals surface area contributed by atoms with E-state index in [0.29, 0.717) is 17.8 Å². The van der Waals surface area contributed by atoms with E-state index in [1.807, 2.05) is 26.0 Å². The Balaban J connectivity index is 2.25. The molecule has 2 rings (SSSR count). The number of carbonyl (C=O) groups is 1. The van der Waals surface area contributed by atoms with Crippen molar-refractivity contribution >= 4 is 21.6 Å². The fraction of sp³-hybridized carbons (Fsp3) is 0.263. The van der Waals surface area contributed by atoms with Crippen LogP contribution < -0.4 is 4.72 Å². The van der Waals surface area contributed by atoms with E-state index >= 15 is 0 Å². The zero-order valence-corrected chi connectivity index (χ0v) is 15.8. The SMILES string of the molecule is CCN(CC#N)C(=O)c1ccc(S(=O)(=O)Nc2cccc(C)c2C)cc1. The molecule has 0 atom stereocenters. The van der Waals surface area contributed by atoms with Crippen LogP contribution in [0.5, 0.6) is 0 Å². The summed E-state index contributed by atoms with van der Waals surface area (Å²) in [7, 11) is -3.76. The molecule has 0 aromatic heterocycles. The molecular weight excluding hydrogens is 350 g/mol. The highest BCUT2D eigenvalue weighted by Crippen LogP contribution is 2.22. The highest BCUT2D eigenvalue weighted by molar-refractivity contribution is 7.92. The molecule has 2 aromatic rings. The van der Waals surface area contributed by atoms with Crippen LogP contribution in [0.1, 0.15) is 28.4 Å². The molecule has 26 heavy (non-hydrogen) atoms. The van der Waals surface area contributed by atoms with Gasteiger partial charge in [-0.05, 0) is 62.2 Å². The van der Waals surface area contributed by atoms with Gasteiger partial charge >= 0.3 is 0 Å². The molecule has 0 fully saturated rings. The molecule has 0 spiro atoms. The lowest BCUT2D eigenvalue weighted by atomic mass is 10.1. The summed E-state index contributed by atoms with van der Waals surface area (Å²) >= 11 is 0. The summed E-state index contributed by atoms with van der Waals surface area (Å²) in [6.45, 7) is 5.93. The summed E-state index contributed by atoms with van der Waals surface area (Å²) in [5.41, 5.74) is 2.71. The number of sulfonamides is 1. The van der Waals surface area contributed by atoms with Crippen LogP contribution in [0.2, 0.25) is 0 Å². The number of hydrogen-bond acceptors (Lipinski definition) is 4. The van der Waals surface area contributed by atoms with Crippen molar-refractivity contribution in [3.63, 3.8) is 0 Å². The Kier molecular flexibility index (Phi) is 6.01. The molecule has 0 heterocycles. The number of nitrogens with zero attached hydrogens (tertiary/aromatic N) is 2. The zero-order chi connectivity index (χ0) is 19.3. The lowest BCUT2D eigenvalue weighted by Gasteiger charge is -2.17. The van der Waals surface area contributed by atoms with Crippen molar-refractivity contribution in [3.8, 4) is 6.07 Å². The zero-order valence-electron chi connectivity index (χ0n) is 15.0. The van der Waals surface area contributed by atoms with Gasteiger partial charge in [-0.15, -0.1) is 0 Å². The van der Waals surface area contributed by atoms with E-state index < -0.39 is 10.0 Å². The predicted octanol–water partition coefficient (Wildman–Crippen LogP) is 3.09. The first kappa shape index (κ1) is 19.5. The molecule has 136 valence electrons. The number of aryl methyl sites for hydroxylation is 1. The number of hydrogen-bond donors (Lipinski definition) is 1. The van der Waals surface area contributed by atoms with Gasteiger partial charge in [0.15, 0.2) is 0 Å². The van der Waals surface area contributed by atoms with Gasteiger partial charge in [0.05, 0.1) is 16.7 Å². The van der Waals surface area contributed by atoms with Crippen LogP contribution in [0, 0.1) is 25.2 Å². The molecule has 0 aliphatic rings. The lowest BCUT2D eigenvalue weighted by molar-refractivity contribution is 0.0784. The molecule has 0 aliphatic carbocycles. The van der Waals surface area contributed by atoms with Gasteiger partial charge in [-0.1, -0.05) is 12.1 Å². The van der Waals surface area contributed by atoms with Gasteiger partial charge in [0.1, 0.15) is 6.54 Å². The van der Waals surface area contributed by atoms with Crippen LogP contribution in [-0.4, -0.2) is 32.3 Å². The third kappa shape index (κ3) is 4.21. The van der Waals surface area contributed by atoms with Crippen LogP contribution in [0.3, 0.4) is 0 Å². The third-order valence-corrected chi connectivity index (χ3v) is 5.57. The van der Waals surface area contributed by atoms with Crippen molar-refractivity contribution in [2.24, 2.45) is 0 Å². The minimum atomic E-state index is -3.76. The van der Waals surface area contributed by atoms with E-state index in [-0.39, 0.29) is 17.3 Å². The molecule has 7 heteroatoms. The molecule has 2 aromatic carbocycles. The molecular formula is C19H21N3O3S. The molecule has 0 saturated carbocycles. The van der Waals surface area contributed by atoms with Gasteiger partial charge in [0.2, 0.25) is 0 Å². The molecule has 0 aliphatic heterocycles. The Morgan fingerprint density at radius 1 is 1.15 bits per heavy atom. The first-order valence-electron chi connectivity index (χ1n) is 8.15. The van der Waals surface area contributed by atoms with Gasteiger partial charge in [0.25, 0.3) is 15.9 Å². The fourth-order valence-electron chi connectivity index (χ4n) is 2.44. The smallest absolute Gasteiger partial charge is 0.261 e. The Morgan fingerprint density at radius 3 is 2.38 bits per heavy atom. The van der Waals surface area contributed by atoms with Crippen molar-refractivity contribution < 1.29 is 13.2 Å². The van der Waals surface area contributed by atoms with E-state index in [9.17, 15) is 13.2 Å². The largest absolute Gasteiger partial charge is 0.326 e. The third-order valence-electron chi connectivity index (χ3n) is 4.19. The normalized spacial score (nSPS) is 10.8. The van der Waals surface area contributed by atoms with Gasteiger partial charge in [-0.3, -0.25) is 9.52 Å². The Bertz CT molecular complexity index is 945. The monoisotopic (exact) mass is 371 g/mol. The topological polar surface area (TPSA) is 90.3 Å². The molecule has 1 N–H and O–H groups in total. The van der Waals surface area contributed by atoms with Crippen molar-refractivity contribution in [3.05, 3.63) is 59.2 Å². The predicted molar refractivity (Wildman–Crippen MR) is 100 cm³/mol. The van der Waals surface area contributed by atoms with E-state index in [2.05, 4.69) is 4.72 Å². The second-order valence-corrected chi connectivity index (χ2v) is 7.54. The Hall–Kier alpha value is -2.85. The van der Waals surface area contributed by atoms with Crippen molar-refractivity contribution in [1.29, 1.82) is 5.26 Å². The van der Waals surface area contributed by atoms with E-state index in [0.717, 1.165) is 11.1 Å². The summed E-state index contributed by atoms with van der Waals surface area (Å²) in [6.07, 6.45) is 0. The quantitative estimate of drug-likeness (QED) is 0.790. The molecule has 0 bridgehead atoms. The number of nitrogens with one attached hydrogen (secondary N) is 1. The number of rotatable bonds is 6. The minimum absolute atomic E-state index is 0.0103. The number of anilines is 1. The van der Waals surface area contributed by atoms with Crippen LogP contribution >= 0.6 is 0 Å². The maximum Gasteiger partial charge on any atom is 0.261 e. The average Bonchev–Trinajstić information content (AvgIpc) is 2.63. The van der Waals surface area contributed by atoms with E-state index in [1.165, 1.54) is 29.2 Å². The first-order chi connectivity index (χ1) is 12.3. The van der Waals surface area contributed by atoms with E-state index in [4.69, 9.17) is 5.26 Å². The minimum Gasteiger partial charge on any atom is -0.326 e. The Labute approximate surface area is 154 Å². The van der Waals surface area contributed by atoms with Crippen molar-refractivity contribution in [2.45, 2.75) is 25.7 Å². The second-order valence-electron chi connectivity index (χ2n) is 5.85. The molecule has 6 nitrogen and oxygen atoms in total. The van der Waals surface area contributed by atoms with Gasteiger partial charge in [-0.2, -0.15) is 5.26 Å². The van der Waals surface area contributed by atoms with E-state index in [1.54, 1.807) is 19.1 Å². The number of nitriles is 1. The Morgan fingerprint density at radius 2 is 1.81 bits per heavy atom. The standard InChI is InChI=1S/C19H21N3O3S/c1-4-22(13-12-20)19(23)16-8-10-17(11-9-16)26(24,25)21-18-7-5-6-14(2)15(18)3/h5-11,21H,4,13H2,1-3H3. The van der Waals surface area contributed by atoms with Crippen molar-refractivity contribution in [1.82, 2.24) is 4.90 Å². The molecule has 0 unspecified atom stereocenters. The summed E-state index contributed by atoms with van der Waals surface area (Å²) in [5, 5.41) is 8.76.